The Morgan fingerprint density at radius 3 is 1.65 bits per heavy atom. The Kier molecular flexibility index (Phi) is 5.80. The van der Waals surface area contributed by atoms with E-state index in [1.54, 1.807) is 0 Å². The van der Waals surface area contributed by atoms with Gasteiger partial charge in [-0.25, -0.2) is 9.80 Å². The van der Waals surface area contributed by atoms with E-state index in [9.17, 15) is 26.3 Å². The summed E-state index contributed by atoms with van der Waals surface area (Å²) in [6.07, 6.45) is -15.0. The topological polar surface area (TPSA) is 69.7 Å². The van der Waals surface area contributed by atoms with Gasteiger partial charge in [0.2, 0.25) is 0 Å². The van der Waals surface area contributed by atoms with Crippen LogP contribution in [0.25, 0.3) is 0 Å². The van der Waals surface area contributed by atoms with Gasteiger partial charge in [-0.1, -0.05) is 0 Å². The summed E-state index contributed by atoms with van der Waals surface area (Å²) >= 11 is 0. The number of alkyl halides is 6. The predicted molar refractivity (Wildman–Crippen MR) is 65.4 cm³/mol. The molecule has 0 amide bonds. The van der Waals surface area contributed by atoms with Gasteiger partial charge in [0, 0.05) is 7.05 Å². The standard InChI is InChI=1S/C11H12F6N6/c1-20-6-23-8(10(12,13)14)21(4-2-18)7-22(5-3-19)9(23)11(15,16)17/h6,8-9H,4-5,7H2,1H3/b20-6+. The van der Waals surface area contributed by atoms with Crippen molar-refractivity contribution in [3.63, 3.8) is 0 Å². The molecule has 23 heavy (non-hydrogen) atoms. The van der Waals surface area contributed by atoms with Crippen LogP contribution in [0, 0.1) is 22.7 Å². The first-order valence-electron chi connectivity index (χ1n) is 6.13. The van der Waals surface area contributed by atoms with E-state index in [1.807, 2.05) is 0 Å². The highest BCUT2D eigenvalue weighted by molar-refractivity contribution is 5.56. The Morgan fingerprint density at radius 2 is 1.39 bits per heavy atom. The first-order valence-corrected chi connectivity index (χ1v) is 6.13. The second-order valence-corrected chi connectivity index (χ2v) is 4.60. The lowest BCUT2D eigenvalue weighted by atomic mass is 10.2. The molecule has 6 nitrogen and oxygen atoms in total. The summed E-state index contributed by atoms with van der Waals surface area (Å²) < 4.78 is 79.5. The second kappa shape index (κ2) is 7.02. The third kappa shape index (κ3) is 4.24. The summed E-state index contributed by atoms with van der Waals surface area (Å²) in [5.41, 5.74) is 0. The van der Waals surface area contributed by atoms with Crippen molar-refractivity contribution in [2.75, 3.05) is 26.8 Å². The number of halogens is 6. The van der Waals surface area contributed by atoms with Crippen LogP contribution in [0.5, 0.6) is 0 Å². The van der Waals surface area contributed by atoms with Crippen LogP contribution in [0.4, 0.5) is 26.3 Å². The van der Waals surface area contributed by atoms with Crippen molar-refractivity contribution in [2.24, 2.45) is 4.99 Å². The molecule has 12 heteroatoms. The molecule has 0 aromatic carbocycles. The molecule has 2 unspecified atom stereocenters. The summed E-state index contributed by atoms with van der Waals surface area (Å²) in [5.74, 6) is 0. The van der Waals surface area contributed by atoms with Crippen LogP contribution >= 0.6 is 0 Å². The lowest BCUT2D eigenvalue weighted by Crippen LogP contribution is -2.73. The molecule has 0 radical (unpaired) electrons. The molecule has 1 heterocycles. The van der Waals surface area contributed by atoms with Crippen molar-refractivity contribution in [2.45, 2.75) is 24.7 Å². The molecular weight excluding hydrogens is 330 g/mol. The van der Waals surface area contributed by atoms with Gasteiger partial charge in [0.1, 0.15) is 0 Å². The highest BCUT2D eigenvalue weighted by Gasteiger charge is 2.59. The quantitative estimate of drug-likeness (QED) is 0.335. The Hall–Kier alpha value is -2.05. The highest BCUT2D eigenvalue weighted by atomic mass is 19.4. The highest BCUT2D eigenvalue weighted by Crippen LogP contribution is 2.37. The fourth-order valence-electron chi connectivity index (χ4n) is 2.37. The van der Waals surface area contributed by atoms with Crippen molar-refractivity contribution in [3.8, 4) is 12.1 Å². The summed E-state index contributed by atoms with van der Waals surface area (Å²) in [4.78, 5) is 4.23. The van der Waals surface area contributed by atoms with E-state index in [2.05, 4.69) is 4.99 Å². The number of nitriles is 2. The molecule has 1 rings (SSSR count). The second-order valence-electron chi connectivity index (χ2n) is 4.60. The van der Waals surface area contributed by atoms with Gasteiger partial charge >= 0.3 is 12.4 Å². The number of nitrogens with zero attached hydrogens (tertiary/aromatic N) is 6. The summed E-state index contributed by atoms with van der Waals surface area (Å²) in [6.45, 7) is -2.35. The number of hydrogen-bond acceptors (Lipinski definition) is 5. The van der Waals surface area contributed by atoms with Gasteiger partial charge in [0.05, 0.1) is 38.2 Å². The smallest absolute Gasteiger partial charge is 0.315 e. The molecule has 1 aliphatic heterocycles. The molecule has 0 bridgehead atoms. The average molecular weight is 342 g/mol. The molecule has 2 atom stereocenters. The maximum atomic E-state index is 13.3. The first kappa shape index (κ1) is 19.0. The number of hydrogen-bond donors (Lipinski definition) is 0. The molecule has 0 saturated carbocycles. The monoisotopic (exact) mass is 342 g/mol. The Morgan fingerprint density at radius 1 is 1.00 bits per heavy atom. The molecule has 1 aliphatic rings. The molecule has 0 aromatic rings. The van der Waals surface area contributed by atoms with Gasteiger partial charge in [-0.15, -0.1) is 0 Å². The number of rotatable bonds is 3. The summed E-state index contributed by atoms with van der Waals surface area (Å²) in [7, 11) is 1.03. The Labute approximate surface area is 127 Å². The third-order valence-electron chi connectivity index (χ3n) is 3.00. The molecule has 0 spiro atoms. The van der Waals surface area contributed by atoms with Crippen LogP contribution < -0.4 is 0 Å². The van der Waals surface area contributed by atoms with Crippen molar-refractivity contribution >= 4 is 6.34 Å². The van der Waals surface area contributed by atoms with Crippen LogP contribution in [0.15, 0.2) is 4.99 Å². The van der Waals surface area contributed by atoms with Gasteiger partial charge in [-0.2, -0.15) is 36.9 Å². The largest absolute Gasteiger partial charge is 0.422 e. The van der Waals surface area contributed by atoms with Gasteiger partial charge in [-0.3, -0.25) is 4.99 Å². The predicted octanol–water partition coefficient (Wildman–Crippen LogP) is 1.35. The van der Waals surface area contributed by atoms with E-state index in [1.165, 1.54) is 12.1 Å². The fourth-order valence-corrected chi connectivity index (χ4v) is 2.37. The SMILES string of the molecule is C/N=C/N1C(C(F)(F)F)N(CC#N)CN(CC#N)C1C(F)(F)F. The van der Waals surface area contributed by atoms with Crippen molar-refractivity contribution < 1.29 is 26.3 Å². The van der Waals surface area contributed by atoms with E-state index < -0.39 is 44.4 Å². The van der Waals surface area contributed by atoms with Crippen LogP contribution in [-0.2, 0) is 0 Å². The maximum absolute atomic E-state index is 13.3. The fraction of sp³-hybridized carbons (Fsp3) is 0.727. The van der Waals surface area contributed by atoms with E-state index in [0.717, 1.165) is 7.05 Å². The first-order chi connectivity index (χ1) is 10.6. The van der Waals surface area contributed by atoms with Crippen LogP contribution in [0.3, 0.4) is 0 Å². The zero-order valence-corrected chi connectivity index (χ0v) is 11.8. The third-order valence-corrected chi connectivity index (χ3v) is 3.00. The van der Waals surface area contributed by atoms with E-state index in [4.69, 9.17) is 10.5 Å². The molecular formula is C11H12F6N6. The van der Waals surface area contributed by atoms with E-state index in [0.29, 0.717) is 16.1 Å². The van der Waals surface area contributed by atoms with Crippen molar-refractivity contribution in [1.82, 2.24) is 14.7 Å². The molecule has 0 aromatic heterocycles. The molecule has 0 N–H and O–H groups in total. The van der Waals surface area contributed by atoms with Gasteiger partial charge in [-0.05, 0) is 0 Å². The van der Waals surface area contributed by atoms with Crippen molar-refractivity contribution in [3.05, 3.63) is 0 Å². The van der Waals surface area contributed by atoms with Crippen LogP contribution in [0.2, 0.25) is 0 Å². The molecule has 1 fully saturated rings. The normalized spacial score (nSPS) is 24.7. The lowest BCUT2D eigenvalue weighted by Gasteiger charge is -2.51. The van der Waals surface area contributed by atoms with Crippen molar-refractivity contribution in [1.29, 1.82) is 10.5 Å². The minimum Gasteiger partial charge on any atom is -0.315 e. The maximum Gasteiger partial charge on any atom is 0.422 e. The van der Waals surface area contributed by atoms with Crippen LogP contribution in [-0.4, -0.2) is 72.5 Å². The van der Waals surface area contributed by atoms with Crippen LogP contribution in [0.1, 0.15) is 0 Å². The lowest BCUT2D eigenvalue weighted by molar-refractivity contribution is -0.297. The average Bonchev–Trinajstić information content (AvgIpc) is 2.36. The van der Waals surface area contributed by atoms with Gasteiger partial charge in [0.25, 0.3) is 0 Å². The zero-order valence-electron chi connectivity index (χ0n) is 11.8. The summed E-state index contributed by atoms with van der Waals surface area (Å²) in [5, 5.41) is 17.3. The molecule has 128 valence electrons. The number of aliphatic imine (C=N–C) groups is 1. The molecule has 0 aliphatic carbocycles. The van der Waals surface area contributed by atoms with E-state index in [-0.39, 0.29) is 4.90 Å². The Bertz CT molecular complexity index is 475. The molecule has 1 saturated heterocycles. The van der Waals surface area contributed by atoms with Gasteiger partial charge in [0.15, 0.2) is 12.3 Å². The van der Waals surface area contributed by atoms with Gasteiger partial charge < -0.3 is 4.90 Å². The zero-order chi connectivity index (χ0) is 17.8. The summed E-state index contributed by atoms with van der Waals surface area (Å²) in [6, 6.07) is 2.96. The Balaban J connectivity index is 3.42. The minimum atomic E-state index is -5.06. The minimum absolute atomic E-state index is 0.0296. The van der Waals surface area contributed by atoms with E-state index >= 15 is 0 Å².